The Kier molecular flexibility index (Phi) is 5.95. The molecule has 0 bridgehead atoms. The van der Waals surface area contributed by atoms with Crippen molar-refractivity contribution in [3.63, 3.8) is 0 Å². The van der Waals surface area contributed by atoms with Crippen molar-refractivity contribution in [3.05, 3.63) is 24.3 Å². The Morgan fingerprint density at radius 1 is 1.50 bits per heavy atom. The third kappa shape index (κ3) is 4.28. The highest BCUT2D eigenvalue weighted by Crippen LogP contribution is 2.26. The van der Waals surface area contributed by atoms with Gasteiger partial charge in [0, 0.05) is 0 Å². The first-order valence-electron chi connectivity index (χ1n) is 5.34. The molecule has 0 radical (unpaired) electrons. The average Bonchev–Trinajstić information content (AvgIpc) is 2.17. The molecule has 0 heterocycles. The third-order valence-electron chi connectivity index (χ3n) is 2.37. The molecule has 0 saturated carbocycles. The maximum atomic E-state index is 9.09. The van der Waals surface area contributed by atoms with Crippen LogP contribution in [0.1, 0.15) is 46.5 Å². The molecule has 1 heteroatoms. The van der Waals surface area contributed by atoms with Crippen LogP contribution in [-0.4, -0.2) is 0 Å². The summed E-state index contributed by atoms with van der Waals surface area (Å²) < 4.78 is 0. The molecule has 0 spiro atoms. The smallest absolute Gasteiger partial charge is 0.0762 e. The first kappa shape index (κ1) is 13.0. The van der Waals surface area contributed by atoms with Crippen molar-refractivity contribution in [2.75, 3.05) is 0 Å². The minimum Gasteiger partial charge on any atom is -0.197 e. The molecule has 0 fully saturated rings. The summed E-state index contributed by atoms with van der Waals surface area (Å²) >= 11 is 0. The van der Waals surface area contributed by atoms with E-state index in [1.165, 1.54) is 5.57 Å². The fourth-order valence-electron chi connectivity index (χ4n) is 1.56. The summed E-state index contributed by atoms with van der Waals surface area (Å²) in [5.41, 5.74) is 1.03. The first-order chi connectivity index (χ1) is 6.61. The van der Waals surface area contributed by atoms with Crippen LogP contribution >= 0.6 is 0 Å². The lowest BCUT2D eigenvalue weighted by Gasteiger charge is -2.16. The predicted molar refractivity (Wildman–Crippen MR) is 61.8 cm³/mol. The highest BCUT2D eigenvalue weighted by Gasteiger charge is 2.19. The molecule has 0 rings (SSSR count). The Balaban J connectivity index is 4.68. The van der Waals surface area contributed by atoms with Gasteiger partial charge in [0.05, 0.1) is 11.5 Å². The SMILES string of the molecule is C=CCC(C)(C#N)C=C(CC)CCC. The molecular formula is C13H21N. The van der Waals surface area contributed by atoms with Crippen LogP contribution in [0.5, 0.6) is 0 Å². The molecule has 14 heavy (non-hydrogen) atoms. The van der Waals surface area contributed by atoms with Gasteiger partial charge in [-0.3, -0.25) is 0 Å². The zero-order chi connectivity index (χ0) is 11.0. The summed E-state index contributed by atoms with van der Waals surface area (Å²) in [7, 11) is 0. The Morgan fingerprint density at radius 3 is 2.50 bits per heavy atom. The van der Waals surface area contributed by atoms with E-state index >= 15 is 0 Å². The molecule has 78 valence electrons. The fourth-order valence-corrected chi connectivity index (χ4v) is 1.56. The molecule has 1 unspecified atom stereocenters. The van der Waals surface area contributed by atoms with Gasteiger partial charge in [-0.15, -0.1) is 6.58 Å². The van der Waals surface area contributed by atoms with Crippen LogP contribution in [0.25, 0.3) is 0 Å². The average molecular weight is 191 g/mol. The van der Waals surface area contributed by atoms with E-state index in [1.54, 1.807) is 0 Å². The number of allylic oxidation sites excluding steroid dienone is 3. The van der Waals surface area contributed by atoms with E-state index < -0.39 is 0 Å². The van der Waals surface area contributed by atoms with Crippen molar-refractivity contribution < 1.29 is 0 Å². The molecule has 0 aliphatic heterocycles. The lowest BCUT2D eigenvalue weighted by Crippen LogP contribution is -2.09. The van der Waals surface area contributed by atoms with Gasteiger partial charge in [0.15, 0.2) is 0 Å². The lowest BCUT2D eigenvalue weighted by atomic mass is 9.85. The van der Waals surface area contributed by atoms with E-state index in [0.29, 0.717) is 0 Å². The second-order valence-electron chi connectivity index (χ2n) is 3.93. The van der Waals surface area contributed by atoms with Gasteiger partial charge in [0.1, 0.15) is 0 Å². The zero-order valence-electron chi connectivity index (χ0n) is 9.64. The van der Waals surface area contributed by atoms with Crippen LogP contribution in [0.3, 0.4) is 0 Å². The number of hydrogen-bond acceptors (Lipinski definition) is 1. The maximum Gasteiger partial charge on any atom is 0.0762 e. The molecule has 1 atom stereocenters. The second-order valence-corrected chi connectivity index (χ2v) is 3.93. The molecule has 0 aromatic heterocycles. The van der Waals surface area contributed by atoms with Gasteiger partial charge in [-0.25, -0.2) is 0 Å². The second kappa shape index (κ2) is 6.43. The Bertz CT molecular complexity index is 244. The van der Waals surface area contributed by atoms with Crippen molar-refractivity contribution >= 4 is 0 Å². The van der Waals surface area contributed by atoms with Crippen LogP contribution in [0, 0.1) is 16.7 Å². The molecule has 0 aromatic carbocycles. The molecule has 1 nitrogen and oxygen atoms in total. The first-order valence-corrected chi connectivity index (χ1v) is 5.34. The van der Waals surface area contributed by atoms with Crippen LogP contribution in [0.15, 0.2) is 24.3 Å². The van der Waals surface area contributed by atoms with E-state index in [0.717, 1.165) is 25.7 Å². The van der Waals surface area contributed by atoms with Crippen molar-refractivity contribution in [3.8, 4) is 6.07 Å². The van der Waals surface area contributed by atoms with Gasteiger partial charge >= 0.3 is 0 Å². The molecule has 0 saturated heterocycles. The molecule has 0 aliphatic rings. The number of rotatable bonds is 6. The van der Waals surface area contributed by atoms with Crippen LogP contribution in [-0.2, 0) is 0 Å². The molecule has 0 aromatic rings. The Labute approximate surface area is 88.1 Å². The van der Waals surface area contributed by atoms with Crippen LogP contribution < -0.4 is 0 Å². The lowest BCUT2D eigenvalue weighted by molar-refractivity contribution is 0.568. The minimum absolute atomic E-state index is 0.359. The van der Waals surface area contributed by atoms with Crippen LogP contribution in [0.2, 0.25) is 0 Å². The van der Waals surface area contributed by atoms with Crippen molar-refractivity contribution in [1.82, 2.24) is 0 Å². The van der Waals surface area contributed by atoms with Gasteiger partial charge in [-0.05, 0) is 26.2 Å². The summed E-state index contributed by atoms with van der Waals surface area (Å²) in [5, 5.41) is 9.09. The van der Waals surface area contributed by atoms with Crippen molar-refractivity contribution in [1.29, 1.82) is 5.26 Å². The molecule has 0 aliphatic carbocycles. The summed E-state index contributed by atoms with van der Waals surface area (Å²) in [6.07, 6.45) is 7.97. The van der Waals surface area contributed by atoms with E-state index in [1.807, 2.05) is 13.0 Å². The Hall–Kier alpha value is -1.03. The van der Waals surface area contributed by atoms with Gasteiger partial charge in [0.25, 0.3) is 0 Å². The summed E-state index contributed by atoms with van der Waals surface area (Å²) in [5.74, 6) is 0. The largest absolute Gasteiger partial charge is 0.197 e. The quantitative estimate of drug-likeness (QED) is 0.576. The van der Waals surface area contributed by atoms with Gasteiger partial charge in [-0.2, -0.15) is 5.26 Å². The van der Waals surface area contributed by atoms with Crippen molar-refractivity contribution in [2.24, 2.45) is 5.41 Å². The standard InChI is InChI=1S/C13H21N/c1-5-8-12(7-3)10-13(4,11-14)9-6-2/h6,10H,2,5,7-9H2,1,3-4H3. The monoisotopic (exact) mass is 191 g/mol. The molecule has 0 N–H and O–H groups in total. The summed E-state index contributed by atoms with van der Waals surface area (Å²) in [6, 6.07) is 2.35. The molecular weight excluding hydrogens is 170 g/mol. The van der Waals surface area contributed by atoms with Gasteiger partial charge in [0.2, 0.25) is 0 Å². The van der Waals surface area contributed by atoms with Crippen molar-refractivity contribution in [2.45, 2.75) is 46.5 Å². The van der Waals surface area contributed by atoms with Gasteiger partial charge in [-0.1, -0.05) is 38.0 Å². The minimum atomic E-state index is -0.359. The third-order valence-corrected chi connectivity index (χ3v) is 2.37. The maximum absolute atomic E-state index is 9.09. The number of nitrogens with zero attached hydrogens (tertiary/aromatic N) is 1. The highest BCUT2D eigenvalue weighted by molar-refractivity contribution is 5.17. The molecule has 0 amide bonds. The topological polar surface area (TPSA) is 23.8 Å². The Morgan fingerprint density at radius 2 is 2.14 bits per heavy atom. The van der Waals surface area contributed by atoms with E-state index in [9.17, 15) is 0 Å². The van der Waals surface area contributed by atoms with Gasteiger partial charge < -0.3 is 0 Å². The predicted octanol–water partition coefficient (Wildman–Crippen LogP) is 4.23. The number of hydrogen-bond donors (Lipinski definition) is 0. The van der Waals surface area contributed by atoms with E-state index in [-0.39, 0.29) is 5.41 Å². The van der Waals surface area contributed by atoms with Crippen LogP contribution in [0.4, 0.5) is 0 Å². The normalized spacial score (nSPS) is 15.7. The zero-order valence-corrected chi connectivity index (χ0v) is 9.64. The van der Waals surface area contributed by atoms with E-state index in [2.05, 4.69) is 32.6 Å². The number of nitriles is 1. The van der Waals surface area contributed by atoms with E-state index in [4.69, 9.17) is 5.26 Å². The summed E-state index contributed by atoms with van der Waals surface area (Å²) in [4.78, 5) is 0. The fraction of sp³-hybridized carbons (Fsp3) is 0.615. The highest BCUT2D eigenvalue weighted by atomic mass is 14.3. The summed E-state index contributed by atoms with van der Waals surface area (Å²) in [6.45, 7) is 9.98.